The van der Waals surface area contributed by atoms with Gasteiger partial charge in [0.05, 0.1) is 19.0 Å². The number of amides is 1. The summed E-state index contributed by atoms with van der Waals surface area (Å²) >= 11 is 0. The summed E-state index contributed by atoms with van der Waals surface area (Å²) < 4.78 is 0. The third-order valence-electron chi connectivity index (χ3n) is 5.53. The van der Waals surface area contributed by atoms with Crippen LogP contribution in [-0.2, 0) is 19.2 Å². The third-order valence-corrected chi connectivity index (χ3v) is 5.53. The number of carbonyl (C=O) groups excluding carboxylic acids is 2. The number of carbonyl (C=O) groups is 4. The first kappa shape index (κ1) is 27.0. The lowest BCUT2D eigenvalue weighted by molar-refractivity contribution is -0.153. The van der Waals surface area contributed by atoms with Gasteiger partial charge < -0.3 is 27.4 Å². The second-order valence-corrected chi connectivity index (χ2v) is 7.90. The predicted octanol–water partition coefficient (Wildman–Crippen LogP) is 0.137. The van der Waals surface area contributed by atoms with Gasteiger partial charge in [0.25, 0.3) is 0 Å². The van der Waals surface area contributed by atoms with Crippen LogP contribution in [0.4, 0.5) is 0 Å². The standard InChI is InChI=1S/C24H29N5O6/c25-22(35)24(12-7-13-28-23(26)27,29(14-18(30)31)15-19(32)33)21(34)20(16-8-3-1-4-9-16)17-10-5-2-6-11-17/h1-6,8-11,20H,7,12-15H2,(H2,25,35)(H,30,31)(H,32,33)(H4,26,27,28)/t24-/m1/s1. The summed E-state index contributed by atoms with van der Waals surface area (Å²) in [6.45, 7) is -1.79. The molecular weight excluding hydrogens is 454 g/mol. The molecule has 0 bridgehead atoms. The Kier molecular flexibility index (Phi) is 9.47. The van der Waals surface area contributed by atoms with Gasteiger partial charge in [-0.05, 0) is 24.0 Å². The quantitative estimate of drug-likeness (QED) is 0.107. The number of nitrogens with two attached hydrogens (primary N) is 3. The van der Waals surface area contributed by atoms with E-state index in [9.17, 15) is 29.4 Å². The Morgan fingerprint density at radius 2 is 1.29 bits per heavy atom. The van der Waals surface area contributed by atoms with Crippen molar-refractivity contribution in [3.63, 3.8) is 0 Å². The van der Waals surface area contributed by atoms with Crippen LogP contribution in [0.15, 0.2) is 65.7 Å². The van der Waals surface area contributed by atoms with Crippen LogP contribution in [0.3, 0.4) is 0 Å². The fourth-order valence-electron chi connectivity index (χ4n) is 4.06. The monoisotopic (exact) mass is 483 g/mol. The minimum Gasteiger partial charge on any atom is -0.480 e. The molecule has 0 unspecified atom stereocenters. The Bertz CT molecular complexity index is 1020. The average molecular weight is 484 g/mol. The normalized spacial score (nSPS) is 12.6. The highest BCUT2D eigenvalue weighted by molar-refractivity contribution is 6.14. The van der Waals surface area contributed by atoms with Gasteiger partial charge in [-0.3, -0.25) is 29.1 Å². The Balaban J connectivity index is 2.73. The molecule has 186 valence electrons. The SMILES string of the molecule is NC(=O)[C@@](CCCN=C(N)N)(C(=O)C(c1ccccc1)c1ccccc1)N(CC(=O)O)CC(=O)O. The summed E-state index contributed by atoms with van der Waals surface area (Å²) in [5.41, 5.74) is 15.3. The second-order valence-electron chi connectivity index (χ2n) is 7.90. The number of ketones is 1. The first-order valence-electron chi connectivity index (χ1n) is 10.8. The van der Waals surface area contributed by atoms with E-state index in [-0.39, 0.29) is 25.3 Å². The van der Waals surface area contributed by atoms with Crippen molar-refractivity contribution in [3.05, 3.63) is 71.8 Å². The van der Waals surface area contributed by atoms with Crippen LogP contribution in [0, 0.1) is 0 Å². The summed E-state index contributed by atoms with van der Waals surface area (Å²) in [5.74, 6) is -5.99. The van der Waals surface area contributed by atoms with Gasteiger partial charge >= 0.3 is 11.9 Å². The number of carboxylic acid groups (broad SMARTS) is 2. The molecule has 35 heavy (non-hydrogen) atoms. The zero-order valence-electron chi connectivity index (χ0n) is 19.0. The van der Waals surface area contributed by atoms with Crippen LogP contribution < -0.4 is 17.2 Å². The van der Waals surface area contributed by atoms with Crippen molar-refractivity contribution in [2.24, 2.45) is 22.2 Å². The van der Waals surface area contributed by atoms with Crippen LogP contribution in [0.25, 0.3) is 0 Å². The topological polar surface area (TPSA) is 202 Å². The maximum absolute atomic E-state index is 14.3. The van der Waals surface area contributed by atoms with Gasteiger partial charge in [0.15, 0.2) is 17.3 Å². The summed E-state index contributed by atoms with van der Waals surface area (Å²) in [5, 5.41) is 19.0. The van der Waals surface area contributed by atoms with Gasteiger partial charge in [0.2, 0.25) is 5.91 Å². The van der Waals surface area contributed by atoms with Gasteiger partial charge in [-0.25, -0.2) is 0 Å². The molecule has 8 N–H and O–H groups in total. The molecular formula is C24H29N5O6. The van der Waals surface area contributed by atoms with E-state index in [1.165, 1.54) is 0 Å². The molecule has 0 saturated carbocycles. The Morgan fingerprint density at radius 3 is 1.66 bits per heavy atom. The number of primary amides is 1. The van der Waals surface area contributed by atoms with Crippen LogP contribution in [0.2, 0.25) is 0 Å². The van der Waals surface area contributed by atoms with Crippen LogP contribution >= 0.6 is 0 Å². The fourth-order valence-corrected chi connectivity index (χ4v) is 4.06. The molecule has 0 fully saturated rings. The molecule has 0 aliphatic rings. The zero-order valence-corrected chi connectivity index (χ0v) is 19.0. The lowest BCUT2D eigenvalue weighted by atomic mass is 9.74. The summed E-state index contributed by atoms with van der Waals surface area (Å²) in [6, 6.07) is 17.2. The number of nitrogens with zero attached hydrogens (tertiary/aromatic N) is 2. The molecule has 0 aliphatic carbocycles. The maximum Gasteiger partial charge on any atom is 0.317 e. The number of hydrogen-bond acceptors (Lipinski definition) is 6. The van der Waals surface area contributed by atoms with E-state index in [1.807, 2.05) is 0 Å². The number of hydrogen-bond donors (Lipinski definition) is 5. The minimum absolute atomic E-state index is 0.0139. The number of Topliss-reactive ketones (excluding diaryl/α,β-unsaturated/α-hetero) is 1. The summed E-state index contributed by atoms with van der Waals surface area (Å²) in [7, 11) is 0. The molecule has 0 aliphatic heterocycles. The van der Waals surface area contributed by atoms with Crippen LogP contribution in [0.1, 0.15) is 29.9 Å². The fraction of sp³-hybridized carbons (Fsp3) is 0.292. The molecule has 0 spiro atoms. The highest BCUT2D eigenvalue weighted by Crippen LogP contribution is 2.35. The molecule has 2 aromatic carbocycles. The molecule has 1 atom stereocenters. The van der Waals surface area contributed by atoms with Crippen molar-refractivity contribution < 1.29 is 29.4 Å². The zero-order chi connectivity index (χ0) is 26.0. The minimum atomic E-state index is -2.27. The van der Waals surface area contributed by atoms with Crippen molar-refractivity contribution in [3.8, 4) is 0 Å². The number of guanidine groups is 1. The van der Waals surface area contributed by atoms with E-state index >= 15 is 0 Å². The van der Waals surface area contributed by atoms with Gasteiger partial charge in [-0.15, -0.1) is 0 Å². The summed E-state index contributed by atoms with van der Waals surface area (Å²) in [4.78, 5) is 55.3. The number of carboxylic acids is 2. The smallest absolute Gasteiger partial charge is 0.317 e. The van der Waals surface area contributed by atoms with Gasteiger partial charge in [0.1, 0.15) is 0 Å². The van der Waals surface area contributed by atoms with Crippen LogP contribution in [0.5, 0.6) is 0 Å². The first-order chi connectivity index (χ1) is 16.6. The molecule has 1 amide bonds. The van der Waals surface area contributed by atoms with Gasteiger partial charge in [-0.2, -0.15) is 0 Å². The molecule has 0 heterocycles. The van der Waals surface area contributed by atoms with Gasteiger partial charge in [0, 0.05) is 6.54 Å². The van der Waals surface area contributed by atoms with E-state index in [0.717, 1.165) is 4.90 Å². The second kappa shape index (κ2) is 12.3. The first-order valence-corrected chi connectivity index (χ1v) is 10.8. The molecule has 11 heteroatoms. The van der Waals surface area contributed by atoms with Crippen molar-refractivity contribution in [2.45, 2.75) is 24.3 Å². The van der Waals surface area contributed by atoms with Crippen molar-refractivity contribution in [2.75, 3.05) is 19.6 Å². The highest BCUT2D eigenvalue weighted by Gasteiger charge is 2.52. The number of rotatable bonds is 14. The number of aliphatic carboxylic acids is 2. The molecule has 0 aromatic heterocycles. The highest BCUT2D eigenvalue weighted by atomic mass is 16.4. The summed E-state index contributed by atoms with van der Waals surface area (Å²) in [6.07, 6.45) is -0.243. The average Bonchev–Trinajstić information content (AvgIpc) is 2.79. The van der Waals surface area contributed by atoms with E-state index < -0.39 is 48.2 Å². The number of benzene rings is 2. The van der Waals surface area contributed by atoms with Crippen molar-refractivity contribution in [1.29, 1.82) is 0 Å². The van der Waals surface area contributed by atoms with Crippen molar-refractivity contribution in [1.82, 2.24) is 4.90 Å². The molecule has 2 aromatic rings. The van der Waals surface area contributed by atoms with E-state index in [4.69, 9.17) is 17.2 Å². The van der Waals surface area contributed by atoms with E-state index in [1.54, 1.807) is 60.7 Å². The van der Waals surface area contributed by atoms with Crippen molar-refractivity contribution >= 4 is 29.6 Å². The third kappa shape index (κ3) is 6.87. The lowest BCUT2D eigenvalue weighted by Crippen LogP contribution is -2.65. The maximum atomic E-state index is 14.3. The molecule has 0 radical (unpaired) electrons. The van der Waals surface area contributed by atoms with Gasteiger partial charge in [-0.1, -0.05) is 60.7 Å². The molecule has 11 nitrogen and oxygen atoms in total. The Hall–Kier alpha value is -4.25. The number of aliphatic imine (C=N–C) groups is 1. The van der Waals surface area contributed by atoms with E-state index in [2.05, 4.69) is 4.99 Å². The predicted molar refractivity (Wildman–Crippen MR) is 128 cm³/mol. The molecule has 0 saturated heterocycles. The largest absolute Gasteiger partial charge is 0.480 e. The molecule has 2 rings (SSSR count). The van der Waals surface area contributed by atoms with Crippen LogP contribution in [-0.4, -0.2) is 69.9 Å². The Morgan fingerprint density at radius 1 is 0.829 bits per heavy atom. The lowest BCUT2D eigenvalue weighted by Gasteiger charge is -2.41. The van der Waals surface area contributed by atoms with E-state index in [0.29, 0.717) is 11.1 Å². The Labute approximate surface area is 202 Å².